The predicted molar refractivity (Wildman–Crippen MR) is 65.6 cm³/mol. The summed E-state index contributed by atoms with van der Waals surface area (Å²) in [5.74, 6) is -0.892. The molecule has 0 aromatic rings. The molecule has 1 unspecified atom stereocenters. The number of carboxylic acids is 1. The number of carbonyl (C=O) groups is 1. The van der Waals surface area contributed by atoms with E-state index in [0.717, 1.165) is 19.3 Å². The highest BCUT2D eigenvalue weighted by Crippen LogP contribution is 2.15. The molecule has 0 aliphatic carbocycles. The molecule has 3 heteroatoms. The average Bonchev–Trinajstić information content (AvgIpc) is 2.26. The van der Waals surface area contributed by atoms with Gasteiger partial charge in [-0.25, -0.2) is 0 Å². The molecule has 0 aromatic heterocycles. The Morgan fingerprint density at radius 2 is 1.75 bits per heavy atom. The Hall–Kier alpha value is -0.570. The van der Waals surface area contributed by atoms with Gasteiger partial charge < -0.3 is 9.84 Å². The summed E-state index contributed by atoms with van der Waals surface area (Å²) in [4.78, 5) is 10.9. The summed E-state index contributed by atoms with van der Waals surface area (Å²) in [6, 6.07) is 0. The van der Waals surface area contributed by atoms with E-state index < -0.39 is 5.97 Å². The van der Waals surface area contributed by atoms with Gasteiger partial charge in [0.1, 0.15) is 0 Å². The Morgan fingerprint density at radius 3 is 2.31 bits per heavy atom. The standard InChI is InChI=1S/C13H26O3/c1-3-4-5-6-7-8-9-12(13(14)15)10-11-16-2/h12H,3-11H2,1-2H3,(H,14,15). The van der Waals surface area contributed by atoms with Crippen LogP contribution in [-0.2, 0) is 9.53 Å². The zero-order valence-corrected chi connectivity index (χ0v) is 10.7. The van der Waals surface area contributed by atoms with Crippen molar-refractivity contribution in [2.24, 2.45) is 5.92 Å². The van der Waals surface area contributed by atoms with Crippen LogP contribution in [0, 0.1) is 5.92 Å². The molecule has 0 saturated heterocycles. The summed E-state index contributed by atoms with van der Waals surface area (Å²) in [6.07, 6.45) is 8.71. The number of hydrogen-bond acceptors (Lipinski definition) is 2. The molecule has 0 fully saturated rings. The van der Waals surface area contributed by atoms with E-state index in [-0.39, 0.29) is 5.92 Å². The Morgan fingerprint density at radius 1 is 1.12 bits per heavy atom. The van der Waals surface area contributed by atoms with Crippen molar-refractivity contribution in [3.63, 3.8) is 0 Å². The highest BCUT2D eigenvalue weighted by molar-refractivity contribution is 5.69. The molecule has 16 heavy (non-hydrogen) atoms. The number of rotatable bonds is 11. The van der Waals surface area contributed by atoms with Gasteiger partial charge in [-0.2, -0.15) is 0 Å². The van der Waals surface area contributed by atoms with Gasteiger partial charge in [0.15, 0.2) is 0 Å². The lowest BCUT2D eigenvalue weighted by atomic mass is 9.97. The highest BCUT2D eigenvalue weighted by atomic mass is 16.5. The van der Waals surface area contributed by atoms with Crippen LogP contribution in [0.4, 0.5) is 0 Å². The van der Waals surface area contributed by atoms with Crippen molar-refractivity contribution in [3.8, 4) is 0 Å². The van der Waals surface area contributed by atoms with E-state index in [1.807, 2.05) is 0 Å². The van der Waals surface area contributed by atoms with Gasteiger partial charge >= 0.3 is 5.97 Å². The molecule has 0 radical (unpaired) electrons. The lowest BCUT2D eigenvalue weighted by Gasteiger charge is -2.11. The van der Waals surface area contributed by atoms with E-state index in [4.69, 9.17) is 9.84 Å². The fraction of sp³-hybridized carbons (Fsp3) is 0.923. The molecule has 0 heterocycles. The zero-order valence-electron chi connectivity index (χ0n) is 10.7. The van der Waals surface area contributed by atoms with Crippen molar-refractivity contribution in [2.45, 2.75) is 58.3 Å². The maximum absolute atomic E-state index is 10.9. The van der Waals surface area contributed by atoms with Gasteiger partial charge in [-0.3, -0.25) is 4.79 Å². The first-order valence-corrected chi connectivity index (χ1v) is 6.44. The maximum atomic E-state index is 10.9. The molecular formula is C13H26O3. The van der Waals surface area contributed by atoms with Crippen molar-refractivity contribution in [2.75, 3.05) is 13.7 Å². The van der Waals surface area contributed by atoms with Crippen LogP contribution in [0.15, 0.2) is 0 Å². The van der Waals surface area contributed by atoms with Gasteiger partial charge in [0, 0.05) is 13.7 Å². The lowest BCUT2D eigenvalue weighted by Crippen LogP contribution is -2.15. The SMILES string of the molecule is CCCCCCCCC(CCOC)C(=O)O. The molecule has 0 rings (SSSR count). The molecule has 1 atom stereocenters. The van der Waals surface area contributed by atoms with Crippen LogP contribution in [0.5, 0.6) is 0 Å². The predicted octanol–water partition coefficient (Wildman–Crippen LogP) is 3.47. The van der Waals surface area contributed by atoms with Crippen LogP contribution in [0.25, 0.3) is 0 Å². The van der Waals surface area contributed by atoms with Crippen LogP contribution >= 0.6 is 0 Å². The van der Waals surface area contributed by atoms with Crippen molar-refractivity contribution < 1.29 is 14.6 Å². The van der Waals surface area contributed by atoms with E-state index in [0.29, 0.717) is 13.0 Å². The van der Waals surface area contributed by atoms with E-state index >= 15 is 0 Å². The molecule has 0 spiro atoms. The van der Waals surface area contributed by atoms with Gasteiger partial charge in [0.25, 0.3) is 0 Å². The van der Waals surface area contributed by atoms with Crippen molar-refractivity contribution >= 4 is 5.97 Å². The maximum Gasteiger partial charge on any atom is 0.306 e. The number of ether oxygens (including phenoxy) is 1. The first kappa shape index (κ1) is 15.4. The Kier molecular flexibility index (Phi) is 10.5. The van der Waals surface area contributed by atoms with E-state index in [1.54, 1.807) is 7.11 Å². The van der Waals surface area contributed by atoms with Crippen LogP contribution in [0.2, 0.25) is 0 Å². The van der Waals surface area contributed by atoms with Gasteiger partial charge in [0.05, 0.1) is 5.92 Å². The number of aliphatic carboxylic acids is 1. The highest BCUT2D eigenvalue weighted by Gasteiger charge is 2.16. The van der Waals surface area contributed by atoms with Gasteiger partial charge in [-0.05, 0) is 12.8 Å². The summed E-state index contributed by atoms with van der Waals surface area (Å²) >= 11 is 0. The molecule has 0 aromatic carbocycles. The summed E-state index contributed by atoms with van der Waals surface area (Å²) < 4.78 is 4.92. The van der Waals surface area contributed by atoms with Crippen molar-refractivity contribution in [1.82, 2.24) is 0 Å². The second kappa shape index (κ2) is 10.9. The minimum absolute atomic E-state index is 0.217. The normalized spacial score (nSPS) is 12.6. The second-order valence-electron chi connectivity index (χ2n) is 4.37. The van der Waals surface area contributed by atoms with Crippen LogP contribution < -0.4 is 0 Å². The molecule has 1 N–H and O–H groups in total. The van der Waals surface area contributed by atoms with E-state index in [9.17, 15) is 4.79 Å². The summed E-state index contributed by atoms with van der Waals surface area (Å²) in [5, 5.41) is 8.99. The van der Waals surface area contributed by atoms with E-state index in [2.05, 4.69) is 6.92 Å². The first-order valence-electron chi connectivity index (χ1n) is 6.44. The number of carboxylic acid groups (broad SMARTS) is 1. The summed E-state index contributed by atoms with van der Waals surface area (Å²) in [7, 11) is 1.61. The molecule has 0 saturated carbocycles. The third kappa shape index (κ3) is 8.72. The number of unbranched alkanes of at least 4 members (excludes halogenated alkanes) is 5. The third-order valence-electron chi connectivity index (χ3n) is 2.93. The topological polar surface area (TPSA) is 46.5 Å². The van der Waals surface area contributed by atoms with Gasteiger partial charge in [0.2, 0.25) is 0 Å². The molecule has 0 bridgehead atoms. The molecule has 0 amide bonds. The third-order valence-corrected chi connectivity index (χ3v) is 2.93. The monoisotopic (exact) mass is 230 g/mol. The molecular weight excluding hydrogens is 204 g/mol. The fourth-order valence-corrected chi connectivity index (χ4v) is 1.82. The smallest absolute Gasteiger partial charge is 0.306 e. The quantitative estimate of drug-likeness (QED) is 0.553. The minimum atomic E-state index is -0.675. The van der Waals surface area contributed by atoms with Crippen molar-refractivity contribution in [1.29, 1.82) is 0 Å². The Bertz CT molecular complexity index is 169. The molecule has 0 aliphatic rings. The Balaban J connectivity index is 3.48. The Labute approximate surface area is 99.2 Å². The molecule has 96 valence electrons. The average molecular weight is 230 g/mol. The molecule has 0 aliphatic heterocycles. The second-order valence-corrected chi connectivity index (χ2v) is 4.37. The minimum Gasteiger partial charge on any atom is -0.481 e. The van der Waals surface area contributed by atoms with Gasteiger partial charge in [-0.1, -0.05) is 45.4 Å². The van der Waals surface area contributed by atoms with Gasteiger partial charge in [-0.15, -0.1) is 0 Å². The fourth-order valence-electron chi connectivity index (χ4n) is 1.82. The lowest BCUT2D eigenvalue weighted by molar-refractivity contribution is -0.142. The first-order chi connectivity index (χ1) is 7.72. The number of methoxy groups -OCH3 is 1. The molecule has 3 nitrogen and oxygen atoms in total. The zero-order chi connectivity index (χ0) is 12.2. The van der Waals surface area contributed by atoms with Crippen molar-refractivity contribution in [3.05, 3.63) is 0 Å². The summed E-state index contributed by atoms with van der Waals surface area (Å²) in [6.45, 7) is 2.75. The number of hydrogen-bond donors (Lipinski definition) is 1. The van der Waals surface area contributed by atoms with Crippen LogP contribution in [0.3, 0.4) is 0 Å². The van der Waals surface area contributed by atoms with Crippen LogP contribution in [0.1, 0.15) is 58.3 Å². The van der Waals surface area contributed by atoms with E-state index in [1.165, 1.54) is 25.7 Å². The van der Waals surface area contributed by atoms with Crippen LogP contribution in [-0.4, -0.2) is 24.8 Å². The largest absolute Gasteiger partial charge is 0.481 e. The summed E-state index contributed by atoms with van der Waals surface area (Å²) in [5.41, 5.74) is 0.